The van der Waals surface area contributed by atoms with E-state index >= 15 is 0 Å². The summed E-state index contributed by atoms with van der Waals surface area (Å²) < 4.78 is 60.2. The second-order valence-electron chi connectivity index (χ2n) is 6.81. The van der Waals surface area contributed by atoms with Gasteiger partial charge in [0.1, 0.15) is 11.6 Å². The highest BCUT2D eigenvalue weighted by molar-refractivity contribution is 7.89. The van der Waals surface area contributed by atoms with Crippen molar-refractivity contribution in [3.8, 4) is 0 Å². The van der Waals surface area contributed by atoms with Crippen molar-refractivity contribution >= 4 is 39.3 Å². The van der Waals surface area contributed by atoms with Gasteiger partial charge in [-0.1, -0.05) is 11.6 Å². The Labute approximate surface area is 188 Å². The van der Waals surface area contributed by atoms with Gasteiger partial charge in [0.15, 0.2) is 0 Å². The standard InChI is InChI=1S/C20H20ClF2N3O5S/c1-2-31-20(28)25-7-9-26(10-8-25)32(29,30)14-4-5-16(22)15(12-14)19(27)24-18-6-3-13(21)11-17(18)23/h3-6,11-12H,2,7-10H2,1H3,(H,24,27). The van der Waals surface area contributed by atoms with Crippen molar-refractivity contribution in [2.75, 3.05) is 38.1 Å². The summed E-state index contributed by atoms with van der Waals surface area (Å²) in [6.45, 7) is 2.15. The molecule has 2 aromatic carbocycles. The van der Waals surface area contributed by atoms with Crippen LogP contribution in [0.5, 0.6) is 0 Å². The van der Waals surface area contributed by atoms with E-state index < -0.39 is 39.2 Å². The molecule has 8 nitrogen and oxygen atoms in total. The Hall–Kier alpha value is -2.76. The molecule has 12 heteroatoms. The minimum absolute atomic E-state index is 0.00996. The fourth-order valence-electron chi connectivity index (χ4n) is 3.09. The van der Waals surface area contributed by atoms with Gasteiger partial charge in [0.05, 0.1) is 22.8 Å². The Balaban J connectivity index is 1.78. The maximum atomic E-state index is 14.3. The summed E-state index contributed by atoms with van der Waals surface area (Å²) in [6.07, 6.45) is -0.528. The number of ether oxygens (including phenoxy) is 1. The summed E-state index contributed by atoms with van der Waals surface area (Å²) in [5, 5.41) is 2.32. The van der Waals surface area contributed by atoms with Crippen LogP contribution in [0.15, 0.2) is 41.3 Å². The van der Waals surface area contributed by atoms with Crippen molar-refractivity contribution in [2.24, 2.45) is 0 Å². The third-order valence-corrected chi connectivity index (χ3v) is 6.89. The Morgan fingerprint density at radius 3 is 2.38 bits per heavy atom. The smallest absolute Gasteiger partial charge is 0.409 e. The number of nitrogens with one attached hydrogen (secondary N) is 1. The third kappa shape index (κ3) is 5.17. The first-order valence-electron chi connectivity index (χ1n) is 9.61. The Kier molecular flexibility index (Phi) is 7.32. The second-order valence-corrected chi connectivity index (χ2v) is 9.18. The Bertz CT molecular complexity index is 1140. The van der Waals surface area contributed by atoms with Crippen LogP contribution in [0.2, 0.25) is 5.02 Å². The van der Waals surface area contributed by atoms with Gasteiger partial charge in [0.25, 0.3) is 5.91 Å². The van der Waals surface area contributed by atoms with E-state index in [9.17, 15) is 26.8 Å². The van der Waals surface area contributed by atoms with E-state index in [2.05, 4.69) is 5.32 Å². The number of amides is 2. The number of benzene rings is 2. The summed E-state index contributed by atoms with van der Waals surface area (Å²) in [7, 11) is -4.07. The van der Waals surface area contributed by atoms with E-state index in [-0.39, 0.29) is 48.4 Å². The van der Waals surface area contributed by atoms with E-state index in [1.165, 1.54) is 17.0 Å². The van der Waals surface area contributed by atoms with Gasteiger partial charge in [-0.3, -0.25) is 4.79 Å². The molecule has 1 heterocycles. The van der Waals surface area contributed by atoms with E-state index in [1.54, 1.807) is 6.92 Å². The molecule has 0 unspecified atom stereocenters. The van der Waals surface area contributed by atoms with Crippen LogP contribution < -0.4 is 5.32 Å². The van der Waals surface area contributed by atoms with E-state index in [1.807, 2.05) is 0 Å². The average Bonchev–Trinajstić information content (AvgIpc) is 2.76. The summed E-state index contributed by atoms with van der Waals surface area (Å²) in [5.41, 5.74) is -0.798. The number of piperazine rings is 1. The molecule has 32 heavy (non-hydrogen) atoms. The summed E-state index contributed by atoms with van der Waals surface area (Å²) >= 11 is 5.67. The normalized spacial score (nSPS) is 14.8. The predicted molar refractivity (Wildman–Crippen MR) is 113 cm³/mol. The number of halogens is 3. The molecule has 1 aliphatic rings. The van der Waals surface area contributed by atoms with E-state index in [4.69, 9.17) is 16.3 Å². The number of hydrogen-bond acceptors (Lipinski definition) is 5. The highest BCUT2D eigenvalue weighted by atomic mass is 35.5. The quantitative estimate of drug-likeness (QED) is 0.698. The minimum atomic E-state index is -4.07. The molecule has 0 radical (unpaired) electrons. The minimum Gasteiger partial charge on any atom is -0.450 e. The largest absolute Gasteiger partial charge is 0.450 e. The molecule has 0 aromatic heterocycles. The molecule has 2 amide bonds. The average molecular weight is 488 g/mol. The number of sulfonamides is 1. The molecule has 0 aliphatic carbocycles. The Morgan fingerprint density at radius 2 is 1.75 bits per heavy atom. The first-order valence-corrected chi connectivity index (χ1v) is 11.4. The zero-order valence-corrected chi connectivity index (χ0v) is 18.5. The van der Waals surface area contributed by atoms with Gasteiger partial charge in [-0.25, -0.2) is 22.0 Å². The summed E-state index contributed by atoms with van der Waals surface area (Å²) in [4.78, 5) is 25.4. The highest BCUT2D eigenvalue weighted by Crippen LogP contribution is 2.23. The number of carbonyl (C=O) groups is 2. The molecule has 172 valence electrons. The molecular formula is C20H20ClF2N3O5S. The highest BCUT2D eigenvalue weighted by Gasteiger charge is 2.31. The summed E-state index contributed by atoms with van der Waals surface area (Å²) in [5.74, 6) is -2.81. The molecule has 3 rings (SSSR count). The molecule has 0 spiro atoms. The monoisotopic (exact) mass is 487 g/mol. The zero-order chi connectivity index (χ0) is 23.5. The second kappa shape index (κ2) is 9.80. The number of hydrogen-bond donors (Lipinski definition) is 1. The lowest BCUT2D eigenvalue weighted by Crippen LogP contribution is -2.50. The number of carbonyl (C=O) groups excluding carboxylic acids is 2. The van der Waals surface area contributed by atoms with Gasteiger partial charge in [-0.2, -0.15) is 4.31 Å². The molecule has 1 fully saturated rings. The molecule has 1 aliphatic heterocycles. The lowest BCUT2D eigenvalue weighted by atomic mass is 10.2. The van der Waals surface area contributed by atoms with Crippen LogP contribution in [0, 0.1) is 11.6 Å². The number of nitrogens with zero attached hydrogens (tertiary/aromatic N) is 2. The first kappa shape index (κ1) is 23.9. The van der Waals surface area contributed by atoms with Crippen LogP contribution in [0.4, 0.5) is 19.3 Å². The van der Waals surface area contributed by atoms with E-state index in [0.717, 1.165) is 28.6 Å². The molecule has 1 N–H and O–H groups in total. The van der Waals surface area contributed by atoms with Gasteiger partial charge in [0.2, 0.25) is 10.0 Å². The fraction of sp³-hybridized carbons (Fsp3) is 0.300. The van der Waals surface area contributed by atoms with Crippen molar-refractivity contribution in [3.63, 3.8) is 0 Å². The van der Waals surface area contributed by atoms with Crippen molar-refractivity contribution < 1.29 is 31.5 Å². The predicted octanol–water partition coefficient (Wildman–Crippen LogP) is 3.33. The molecule has 0 saturated carbocycles. The van der Waals surface area contributed by atoms with Gasteiger partial charge in [0, 0.05) is 31.2 Å². The van der Waals surface area contributed by atoms with Crippen LogP contribution in [0.3, 0.4) is 0 Å². The van der Waals surface area contributed by atoms with Crippen molar-refractivity contribution in [1.29, 1.82) is 0 Å². The Morgan fingerprint density at radius 1 is 1.06 bits per heavy atom. The molecular weight excluding hydrogens is 468 g/mol. The van der Waals surface area contributed by atoms with Crippen LogP contribution >= 0.6 is 11.6 Å². The SMILES string of the molecule is CCOC(=O)N1CCN(S(=O)(=O)c2ccc(F)c(C(=O)Nc3ccc(Cl)cc3F)c2)CC1. The molecule has 0 bridgehead atoms. The topological polar surface area (TPSA) is 96.0 Å². The van der Waals surface area contributed by atoms with Gasteiger partial charge < -0.3 is 15.0 Å². The third-order valence-electron chi connectivity index (χ3n) is 4.76. The lowest BCUT2D eigenvalue weighted by Gasteiger charge is -2.33. The number of anilines is 1. The lowest BCUT2D eigenvalue weighted by molar-refractivity contribution is 0.0933. The van der Waals surface area contributed by atoms with Crippen LogP contribution in [-0.4, -0.2) is 62.4 Å². The van der Waals surface area contributed by atoms with Crippen molar-refractivity contribution in [3.05, 3.63) is 58.6 Å². The maximum absolute atomic E-state index is 14.3. The first-order chi connectivity index (χ1) is 15.1. The summed E-state index contributed by atoms with van der Waals surface area (Å²) in [6, 6.07) is 6.32. The van der Waals surface area contributed by atoms with E-state index in [0.29, 0.717) is 0 Å². The zero-order valence-electron chi connectivity index (χ0n) is 17.0. The van der Waals surface area contributed by atoms with Gasteiger partial charge in [-0.15, -0.1) is 0 Å². The van der Waals surface area contributed by atoms with Crippen LogP contribution in [-0.2, 0) is 14.8 Å². The fourth-order valence-corrected chi connectivity index (χ4v) is 4.70. The van der Waals surface area contributed by atoms with Crippen LogP contribution in [0.1, 0.15) is 17.3 Å². The maximum Gasteiger partial charge on any atom is 0.409 e. The molecule has 1 saturated heterocycles. The van der Waals surface area contributed by atoms with Crippen molar-refractivity contribution in [1.82, 2.24) is 9.21 Å². The van der Waals surface area contributed by atoms with Gasteiger partial charge in [-0.05, 0) is 43.3 Å². The van der Waals surface area contributed by atoms with Crippen LogP contribution in [0.25, 0.3) is 0 Å². The van der Waals surface area contributed by atoms with Gasteiger partial charge >= 0.3 is 6.09 Å². The van der Waals surface area contributed by atoms with Crippen molar-refractivity contribution in [2.45, 2.75) is 11.8 Å². The molecule has 2 aromatic rings. The molecule has 0 atom stereocenters. The number of rotatable bonds is 5.